The van der Waals surface area contributed by atoms with E-state index in [1.165, 1.54) is 11.1 Å². The van der Waals surface area contributed by atoms with E-state index in [4.69, 9.17) is 9.72 Å². The van der Waals surface area contributed by atoms with Gasteiger partial charge in [0.25, 0.3) is 0 Å². The summed E-state index contributed by atoms with van der Waals surface area (Å²) in [5.41, 5.74) is 4.60. The smallest absolute Gasteiger partial charge is 0.160 e. The highest BCUT2D eigenvalue weighted by Gasteiger charge is 2.20. The molecule has 0 radical (unpaired) electrons. The molecule has 1 aromatic carbocycles. The van der Waals surface area contributed by atoms with Crippen LogP contribution in [0.25, 0.3) is 11.2 Å². The van der Waals surface area contributed by atoms with Crippen molar-refractivity contribution in [2.45, 2.75) is 26.3 Å². The van der Waals surface area contributed by atoms with E-state index in [1.54, 1.807) is 0 Å². The molecule has 0 N–H and O–H groups in total. The Bertz CT molecular complexity index is 818. The van der Waals surface area contributed by atoms with Crippen LogP contribution in [0, 0.1) is 12.8 Å². The number of imidazole rings is 1. The third-order valence-electron chi connectivity index (χ3n) is 4.66. The van der Waals surface area contributed by atoms with Crippen molar-refractivity contribution < 1.29 is 4.74 Å². The minimum atomic E-state index is 0.560. The highest BCUT2D eigenvalue weighted by atomic mass is 16.5. The lowest BCUT2D eigenvalue weighted by Crippen LogP contribution is -2.14. The van der Waals surface area contributed by atoms with Crippen LogP contribution in [0.5, 0.6) is 0 Å². The van der Waals surface area contributed by atoms with E-state index in [2.05, 4.69) is 40.7 Å². The fourth-order valence-corrected chi connectivity index (χ4v) is 3.30. The van der Waals surface area contributed by atoms with Crippen molar-refractivity contribution in [3.05, 3.63) is 59.5 Å². The third-order valence-corrected chi connectivity index (χ3v) is 4.66. The number of aromatic nitrogens is 3. The van der Waals surface area contributed by atoms with Gasteiger partial charge in [-0.1, -0.05) is 24.3 Å². The molecule has 1 saturated heterocycles. The first-order valence-electron chi connectivity index (χ1n) is 8.23. The van der Waals surface area contributed by atoms with Gasteiger partial charge in [-0.15, -0.1) is 0 Å². The molecule has 1 atom stereocenters. The van der Waals surface area contributed by atoms with Gasteiger partial charge in [0.05, 0.1) is 6.61 Å². The van der Waals surface area contributed by atoms with E-state index in [0.29, 0.717) is 5.92 Å². The zero-order valence-electron chi connectivity index (χ0n) is 13.4. The topological polar surface area (TPSA) is 39.9 Å². The van der Waals surface area contributed by atoms with Gasteiger partial charge < -0.3 is 9.30 Å². The summed E-state index contributed by atoms with van der Waals surface area (Å²) in [6.07, 6.45) is 3.82. The van der Waals surface area contributed by atoms with Crippen LogP contribution < -0.4 is 0 Å². The number of benzene rings is 1. The Hall–Kier alpha value is -2.20. The Labute approximate surface area is 136 Å². The monoisotopic (exact) mass is 307 g/mol. The van der Waals surface area contributed by atoms with Gasteiger partial charge in [-0.2, -0.15) is 0 Å². The average Bonchev–Trinajstić information content (AvgIpc) is 3.19. The van der Waals surface area contributed by atoms with Crippen molar-refractivity contribution in [1.29, 1.82) is 0 Å². The van der Waals surface area contributed by atoms with Gasteiger partial charge in [0.2, 0.25) is 0 Å². The SMILES string of the molecule is Cc1ccccc1Cc1nc2cccnc2n1CC1CCOC1. The number of nitrogens with zero attached hydrogens (tertiary/aromatic N) is 3. The van der Waals surface area contributed by atoms with E-state index < -0.39 is 0 Å². The van der Waals surface area contributed by atoms with Gasteiger partial charge in [0, 0.05) is 31.7 Å². The zero-order chi connectivity index (χ0) is 15.6. The van der Waals surface area contributed by atoms with Gasteiger partial charge in [0.15, 0.2) is 5.65 Å². The quantitative estimate of drug-likeness (QED) is 0.742. The number of fused-ring (bicyclic) bond motifs is 1. The molecule has 1 fully saturated rings. The van der Waals surface area contributed by atoms with Crippen molar-refractivity contribution in [3.8, 4) is 0 Å². The minimum Gasteiger partial charge on any atom is -0.381 e. The number of rotatable bonds is 4. The molecule has 1 aliphatic rings. The molecule has 118 valence electrons. The number of pyridine rings is 1. The fourth-order valence-electron chi connectivity index (χ4n) is 3.30. The van der Waals surface area contributed by atoms with Crippen LogP contribution in [0.1, 0.15) is 23.4 Å². The van der Waals surface area contributed by atoms with Gasteiger partial charge in [-0.25, -0.2) is 9.97 Å². The first kappa shape index (κ1) is 14.4. The molecule has 23 heavy (non-hydrogen) atoms. The second-order valence-electron chi connectivity index (χ2n) is 6.32. The normalized spacial score (nSPS) is 17.9. The van der Waals surface area contributed by atoms with Gasteiger partial charge >= 0.3 is 0 Å². The minimum absolute atomic E-state index is 0.560. The maximum absolute atomic E-state index is 5.54. The van der Waals surface area contributed by atoms with E-state index in [9.17, 15) is 0 Å². The summed E-state index contributed by atoms with van der Waals surface area (Å²) in [5, 5.41) is 0. The summed E-state index contributed by atoms with van der Waals surface area (Å²) < 4.78 is 7.83. The molecular formula is C19H21N3O. The number of hydrogen-bond donors (Lipinski definition) is 0. The molecule has 1 unspecified atom stereocenters. The Balaban J connectivity index is 1.73. The summed E-state index contributed by atoms with van der Waals surface area (Å²) in [4.78, 5) is 9.42. The highest BCUT2D eigenvalue weighted by Crippen LogP contribution is 2.22. The second kappa shape index (κ2) is 6.13. The molecule has 0 aliphatic carbocycles. The van der Waals surface area contributed by atoms with Crippen LogP contribution >= 0.6 is 0 Å². The number of ether oxygens (including phenoxy) is 1. The predicted molar refractivity (Wildman–Crippen MR) is 90.4 cm³/mol. The van der Waals surface area contributed by atoms with Crippen LogP contribution in [0.3, 0.4) is 0 Å². The van der Waals surface area contributed by atoms with Crippen molar-refractivity contribution >= 4 is 11.2 Å². The number of aryl methyl sites for hydroxylation is 1. The van der Waals surface area contributed by atoms with Crippen molar-refractivity contribution in [1.82, 2.24) is 14.5 Å². The van der Waals surface area contributed by atoms with Gasteiger partial charge in [-0.05, 0) is 36.6 Å². The molecular weight excluding hydrogens is 286 g/mol. The Kier molecular flexibility index (Phi) is 3.83. The molecule has 4 heteroatoms. The van der Waals surface area contributed by atoms with Crippen LogP contribution in [-0.2, 0) is 17.7 Å². The zero-order valence-corrected chi connectivity index (χ0v) is 13.4. The van der Waals surface area contributed by atoms with Crippen molar-refractivity contribution in [3.63, 3.8) is 0 Å². The molecule has 4 rings (SSSR count). The molecule has 2 aromatic heterocycles. The maximum atomic E-state index is 5.54. The van der Waals surface area contributed by atoms with Crippen molar-refractivity contribution in [2.75, 3.05) is 13.2 Å². The third kappa shape index (κ3) is 2.86. The lowest BCUT2D eigenvalue weighted by atomic mass is 10.1. The van der Waals surface area contributed by atoms with E-state index in [-0.39, 0.29) is 0 Å². The predicted octanol–water partition coefficient (Wildman–Crippen LogP) is 3.37. The molecule has 0 bridgehead atoms. The first-order valence-corrected chi connectivity index (χ1v) is 8.23. The maximum Gasteiger partial charge on any atom is 0.160 e. The summed E-state index contributed by atoms with van der Waals surface area (Å²) in [6, 6.07) is 12.5. The molecule has 3 aromatic rings. The van der Waals surface area contributed by atoms with Crippen LogP contribution in [0.15, 0.2) is 42.6 Å². The van der Waals surface area contributed by atoms with E-state index in [0.717, 1.165) is 49.6 Å². The molecule has 0 amide bonds. The lowest BCUT2D eigenvalue weighted by Gasteiger charge is -2.13. The molecule has 3 heterocycles. The standard InChI is InChI=1S/C19H21N3O/c1-14-5-2-3-6-16(14)11-18-21-17-7-4-9-20-19(17)22(18)12-15-8-10-23-13-15/h2-7,9,15H,8,10-13H2,1H3. The second-order valence-corrected chi connectivity index (χ2v) is 6.32. The molecule has 0 saturated carbocycles. The van der Waals surface area contributed by atoms with E-state index >= 15 is 0 Å². The molecule has 1 aliphatic heterocycles. The molecule has 4 nitrogen and oxygen atoms in total. The summed E-state index contributed by atoms with van der Waals surface area (Å²) in [7, 11) is 0. The average molecular weight is 307 g/mol. The first-order chi connectivity index (χ1) is 11.3. The lowest BCUT2D eigenvalue weighted by molar-refractivity contribution is 0.182. The van der Waals surface area contributed by atoms with Gasteiger partial charge in [0.1, 0.15) is 11.3 Å². The van der Waals surface area contributed by atoms with Crippen molar-refractivity contribution in [2.24, 2.45) is 5.92 Å². The fraction of sp³-hybridized carbons (Fsp3) is 0.368. The van der Waals surface area contributed by atoms with Gasteiger partial charge in [-0.3, -0.25) is 0 Å². The van der Waals surface area contributed by atoms with E-state index in [1.807, 2.05) is 18.3 Å². The Morgan fingerprint density at radius 3 is 2.96 bits per heavy atom. The Morgan fingerprint density at radius 2 is 2.13 bits per heavy atom. The summed E-state index contributed by atoms with van der Waals surface area (Å²) >= 11 is 0. The van der Waals surface area contributed by atoms with Crippen LogP contribution in [-0.4, -0.2) is 27.7 Å². The summed E-state index contributed by atoms with van der Waals surface area (Å²) in [6.45, 7) is 4.81. The largest absolute Gasteiger partial charge is 0.381 e. The summed E-state index contributed by atoms with van der Waals surface area (Å²) in [5.74, 6) is 1.66. The highest BCUT2D eigenvalue weighted by molar-refractivity contribution is 5.71. The molecule has 0 spiro atoms. The van der Waals surface area contributed by atoms with Crippen LogP contribution in [0.4, 0.5) is 0 Å². The number of hydrogen-bond acceptors (Lipinski definition) is 3. The Morgan fingerprint density at radius 1 is 1.22 bits per heavy atom. The van der Waals surface area contributed by atoms with Crippen LogP contribution in [0.2, 0.25) is 0 Å².